The third-order valence-corrected chi connectivity index (χ3v) is 5.44. The average Bonchev–Trinajstić information content (AvgIpc) is 2.40. The van der Waals surface area contributed by atoms with Gasteiger partial charge >= 0.3 is 0 Å². The second-order valence-corrected chi connectivity index (χ2v) is 7.37. The number of aromatic nitrogens is 1. The van der Waals surface area contributed by atoms with E-state index in [1.165, 1.54) is 7.05 Å². The van der Waals surface area contributed by atoms with Crippen molar-refractivity contribution in [3.8, 4) is 0 Å². The molecule has 1 fully saturated rings. The first-order chi connectivity index (χ1) is 8.53. The normalized spacial score (nSPS) is 21.0. The highest BCUT2D eigenvalue weighted by Gasteiger charge is 2.30. The Morgan fingerprint density at radius 3 is 2.89 bits per heavy atom. The third kappa shape index (κ3) is 3.02. The molecule has 1 saturated heterocycles. The van der Waals surface area contributed by atoms with Gasteiger partial charge in [-0.1, -0.05) is 0 Å². The number of hydrogen-bond acceptors (Lipinski definition) is 4. The molecule has 0 aliphatic carbocycles. The molecule has 18 heavy (non-hydrogen) atoms. The monoisotopic (exact) mass is 333 g/mol. The minimum Gasteiger partial charge on any atom is -0.355 e. The standard InChI is InChI=1S/C11H16BrN3O2S/c1-13-18(16,17)10-3-2-6-15(8-10)11-5-4-9(12)7-14-11/h4-5,7,10,13H,2-3,6,8H2,1H3/t10-/m1/s1. The molecule has 1 atom stereocenters. The molecule has 5 nitrogen and oxygen atoms in total. The zero-order chi connectivity index (χ0) is 13.2. The maximum absolute atomic E-state index is 11.8. The van der Waals surface area contributed by atoms with Crippen molar-refractivity contribution < 1.29 is 8.42 Å². The van der Waals surface area contributed by atoms with Crippen LogP contribution in [-0.2, 0) is 10.0 Å². The van der Waals surface area contributed by atoms with Crippen LogP contribution in [0.5, 0.6) is 0 Å². The first-order valence-electron chi connectivity index (χ1n) is 5.82. The topological polar surface area (TPSA) is 62.3 Å². The summed E-state index contributed by atoms with van der Waals surface area (Å²) < 4.78 is 27.0. The Morgan fingerprint density at radius 1 is 1.50 bits per heavy atom. The average molecular weight is 334 g/mol. The number of sulfonamides is 1. The van der Waals surface area contributed by atoms with Crippen LogP contribution in [0.3, 0.4) is 0 Å². The zero-order valence-electron chi connectivity index (χ0n) is 10.1. The molecule has 0 unspecified atom stereocenters. The number of anilines is 1. The zero-order valence-corrected chi connectivity index (χ0v) is 12.5. The van der Waals surface area contributed by atoms with E-state index in [2.05, 4.69) is 25.6 Å². The summed E-state index contributed by atoms with van der Waals surface area (Å²) in [6, 6.07) is 3.82. The molecule has 100 valence electrons. The van der Waals surface area contributed by atoms with Gasteiger partial charge in [0.15, 0.2) is 0 Å². The largest absolute Gasteiger partial charge is 0.355 e. The van der Waals surface area contributed by atoms with Crippen LogP contribution in [0.1, 0.15) is 12.8 Å². The predicted molar refractivity (Wildman–Crippen MR) is 75.2 cm³/mol. The molecular formula is C11H16BrN3O2S. The van der Waals surface area contributed by atoms with E-state index >= 15 is 0 Å². The molecule has 1 aliphatic rings. The van der Waals surface area contributed by atoms with Crippen LogP contribution in [0.2, 0.25) is 0 Å². The lowest BCUT2D eigenvalue weighted by Crippen LogP contribution is -2.45. The summed E-state index contributed by atoms with van der Waals surface area (Å²) in [6.07, 6.45) is 3.30. The number of pyridine rings is 1. The Morgan fingerprint density at radius 2 is 2.28 bits per heavy atom. The van der Waals surface area contributed by atoms with E-state index in [0.29, 0.717) is 13.0 Å². The van der Waals surface area contributed by atoms with Crippen molar-refractivity contribution in [2.24, 2.45) is 0 Å². The van der Waals surface area contributed by atoms with Gasteiger partial charge in [0.2, 0.25) is 10.0 Å². The molecule has 0 bridgehead atoms. The van der Waals surface area contributed by atoms with Gasteiger partial charge in [-0.3, -0.25) is 0 Å². The highest BCUT2D eigenvalue weighted by molar-refractivity contribution is 9.10. The van der Waals surface area contributed by atoms with Crippen LogP contribution in [-0.4, -0.2) is 38.8 Å². The molecule has 0 aromatic carbocycles. The van der Waals surface area contributed by atoms with Crippen LogP contribution in [0, 0.1) is 0 Å². The van der Waals surface area contributed by atoms with Crippen molar-refractivity contribution in [3.05, 3.63) is 22.8 Å². The van der Waals surface area contributed by atoms with Gasteiger partial charge in [-0.2, -0.15) is 0 Å². The van der Waals surface area contributed by atoms with E-state index in [1.807, 2.05) is 17.0 Å². The fourth-order valence-corrected chi connectivity index (χ4v) is 3.54. The van der Waals surface area contributed by atoms with E-state index in [1.54, 1.807) is 6.20 Å². The van der Waals surface area contributed by atoms with Crippen molar-refractivity contribution in [1.29, 1.82) is 0 Å². The number of piperidine rings is 1. The highest BCUT2D eigenvalue weighted by Crippen LogP contribution is 2.22. The van der Waals surface area contributed by atoms with Crippen LogP contribution >= 0.6 is 15.9 Å². The Balaban J connectivity index is 2.14. The van der Waals surface area contributed by atoms with Crippen molar-refractivity contribution in [1.82, 2.24) is 9.71 Å². The van der Waals surface area contributed by atoms with Crippen molar-refractivity contribution in [3.63, 3.8) is 0 Å². The Hall–Kier alpha value is -0.660. The molecule has 2 rings (SSSR count). The molecule has 0 radical (unpaired) electrons. The van der Waals surface area contributed by atoms with E-state index in [9.17, 15) is 8.42 Å². The Labute approximate surface area is 116 Å². The lowest BCUT2D eigenvalue weighted by atomic mass is 10.1. The van der Waals surface area contributed by atoms with Gasteiger partial charge in [-0.25, -0.2) is 18.1 Å². The third-order valence-electron chi connectivity index (χ3n) is 3.14. The Kier molecular flexibility index (Phi) is 4.24. The van der Waals surface area contributed by atoms with Gasteiger partial charge in [-0.05, 0) is 48.0 Å². The minimum atomic E-state index is -3.20. The first kappa shape index (κ1) is 13.8. The second-order valence-electron chi connectivity index (χ2n) is 4.29. The molecule has 0 saturated carbocycles. The molecule has 1 N–H and O–H groups in total. The molecule has 1 aromatic heterocycles. The molecule has 0 amide bonds. The fourth-order valence-electron chi connectivity index (χ4n) is 2.12. The minimum absolute atomic E-state index is 0.360. The molecule has 0 spiro atoms. The van der Waals surface area contributed by atoms with Crippen LogP contribution < -0.4 is 9.62 Å². The summed E-state index contributed by atoms with van der Waals surface area (Å²) in [5.74, 6) is 0.828. The summed E-state index contributed by atoms with van der Waals surface area (Å²) in [5, 5.41) is -0.360. The SMILES string of the molecule is CNS(=O)(=O)[C@@H]1CCCN(c2ccc(Br)cn2)C1. The summed E-state index contributed by atoms with van der Waals surface area (Å²) >= 11 is 3.34. The second kappa shape index (κ2) is 5.54. The van der Waals surface area contributed by atoms with Crippen LogP contribution in [0.25, 0.3) is 0 Å². The summed E-state index contributed by atoms with van der Waals surface area (Å²) in [5.41, 5.74) is 0. The van der Waals surface area contributed by atoms with Gasteiger partial charge in [0, 0.05) is 23.8 Å². The highest BCUT2D eigenvalue weighted by atomic mass is 79.9. The van der Waals surface area contributed by atoms with Crippen LogP contribution in [0.4, 0.5) is 5.82 Å². The van der Waals surface area contributed by atoms with Gasteiger partial charge in [0.05, 0.1) is 5.25 Å². The Bertz CT molecular complexity index is 504. The lowest BCUT2D eigenvalue weighted by Gasteiger charge is -2.32. The molecule has 2 heterocycles. The van der Waals surface area contributed by atoms with Crippen LogP contribution in [0.15, 0.2) is 22.8 Å². The van der Waals surface area contributed by atoms with Gasteiger partial charge in [0.25, 0.3) is 0 Å². The van der Waals surface area contributed by atoms with Gasteiger partial charge < -0.3 is 4.90 Å². The summed E-state index contributed by atoms with van der Waals surface area (Å²) in [6.45, 7) is 1.35. The van der Waals surface area contributed by atoms with E-state index in [4.69, 9.17) is 0 Å². The van der Waals surface area contributed by atoms with Crippen molar-refractivity contribution in [2.75, 3.05) is 25.0 Å². The summed E-state index contributed by atoms with van der Waals surface area (Å²) in [7, 11) is -1.73. The number of hydrogen-bond donors (Lipinski definition) is 1. The van der Waals surface area contributed by atoms with E-state index < -0.39 is 10.0 Å². The number of rotatable bonds is 3. The lowest BCUT2D eigenvalue weighted by molar-refractivity contribution is 0.524. The van der Waals surface area contributed by atoms with Crippen molar-refractivity contribution >= 4 is 31.8 Å². The smallest absolute Gasteiger partial charge is 0.215 e. The van der Waals surface area contributed by atoms with Gasteiger partial charge in [-0.15, -0.1) is 0 Å². The fraction of sp³-hybridized carbons (Fsp3) is 0.545. The molecule has 1 aromatic rings. The number of halogens is 1. The molecule has 7 heteroatoms. The number of nitrogens with one attached hydrogen (secondary N) is 1. The molecule has 1 aliphatic heterocycles. The quantitative estimate of drug-likeness (QED) is 0.907. The van der Waals surface area contributed by atoms with Crippen molar-refractivity contribution in [2.45, 2.75) is 18.1 Å². The van der Waals surface area contributed by atoms with Gasteiger partial charge in [0.1, 0.15) is 5.82 Å². The summed E-state index contributed by atoms with van der Waals surface area (Å²) in [4.78, 5) is 6.33. The maximum atomic E-state index is 11.8. The van der Waals surface area contributed by atoms with E-state index in [-0.39, 0.29) is 5.25 Å². The molecular weight excluding hydrogens is 318 g/mol. The predicted octanol–water partition coefficient (Wildman–Crippen LogP) is 1.36. The number of nitrogens with zero attached hydrogens (tertiary/aromatic N) is 2. The maximum Gasteiger partial charge on any atom is 0.215 e. The first-order valence-corrected chi connectivity index (χ1v) is 8.16. The van der Waals surface area contributed by atoms with E-state index in [0.717, 1.165) is 23.3 Å².